The highest BCUT2D eigenvalue weighted by Crippen LogP contribution is 2.34. The molecule has 0 saturated carbocycles. The van der Waals surface area contributed by atoms with Crippen molar-refractivity contribution in [2.75, 3.05) is 5.73 Å². The molecule has 0 atom stereocenters. The number of nitrogens with zero attached hydrogens (tertiary/aromatic N) is 2. The van der Waals surface area contributed by atoms with E-state index < -0.39 is 0 Å². The van der Waals surface area contributed by atoms with Gasteiger partial charge >= 0.3 is 0 Å². The van der Waals surface area contributed by atoms with Crippen molar-refractivity contribution in [1.82, 2.24) is 9.78 Å². The van der Waals surface area contributed by atoms with E-state index >= 15 is 0 Å². The van der Waals surface area contributed by atoms with Gasteiger partial charge in [-0.3, -0.25) is 4.68 Å². The van der Waals surface area contributed by atoms with Crippen LogP contribution >= 0.6 is 27.7 Å². The highest BCUT2D eigenvalue weighted by Gasteiger charge is 2.08. The van der Waals surface area contributed by atoms with Crippen LogP contribution in [0.1, 0.15) is 0 Å². The average Bonchev–Trinajstić information content (AvgIpc) is 2.60. The molecule has 0 aliphatic heterocycles. The number of anilines is 1. The standard InChI is InChI=1S/C10H9BrFN3S/c1-15-5-6(4-14-15)16-10-2-7(11)8(12)3-9(10)13/h2-5H,13H2,1H3. The molecule has 6 heteroatoms. The first-order valence-electron chi connectivity index (χ1n) is 4.47. The Labute approximate surface area is 105 Å². The second kappa shape index (κ2) is 4.47. The van der Waals surface area contributed by atoms with Gasteiger partial charge in [-0.2, -0.15) is 5.10 Å². The Bertz CT molecular complexity index is 527. The van der Waals surface area contributed by atoms with Crippen molar-refractivity contribution in [2.45, 2.75) is 9.79 Å². The lowest BCUT2D eigenvalue weighted by Crippen LogP contribution is -1.90. The summed E-state index contributed by atoms with van der Waals surface area (Å²) < 4.78 is 15.3. The van der Waals surface area contributed by atoms with E-state index in [4.69, 9.17) is 5.73 Å². The molecule has 1 aromatic heterocycles. The Morgan fingerprint density at radius 1 is 1.50 bits per heavy atom. The van der Waals surface area contributed by atoms with Crippen LogP contribution in [0.3, 0.4) is 0 Å². The fourth-order valence-corrected chi connectivity index (χ4v) is 2.62. The van der Waals surface area contributed by atoms with Gasteiger partial charge in [-0.15, -0.1) is 0 Å². The van der Waals surface area contributed by atoms with Crippen LogP contribution < -0.4 is 5.73 Å². The molecular formula is C10H9BrFN3S. The molecule has 2 rings (SSSR count). The van der Waals surface area contributed by atoms with Gasteiger partial charge in [-0.25, -0.2) is 4.39 Å². The number of benzene rings is 1. The molecule has 0 aliphatic rings. The Kier molecular flexibility index (Phi) is 3.20. The molecule has 0 spiro atoms. The predicted octanol–water partition coefficient (Wildman–Crippen LogP) is 3.06. The van der Waals surface area contributed by atoms with Gasteiger partial charge in [0.25, 0.3) is 0 Å². The fourth-order valence-electron chi connectivity index (χ4n) is 1.21. The van der Waals surface area contributed by atoms with Crippen LogP contribution in [0.25, 0.3) is 0 Å². The number of rotatable bonds is 2. The maximum atomic E-state index is 13.1. The van der Waals surface area contributed by atoms with Crippen molar-refractivity contribution in [1.29, 1.82) is 0 Å². The highest BCUT2D eigenvalue weighted by atomic mass is 79.9. The molecule has 2 aromatic rings. The quantitative estimate of drug-likeness (QED) is 0.867. The zero-order chi connectivity index (χ0) is 11.7. The second-order valence-electron chi connectivity index (χ2n) is 3.26. The van der Waals surface area contributed by atoms with Gasteiger partial charge in [0.05, 0.1) is 15.6 Å². The summed E-state index contributed by atoms with van der Waals surface area (Å²) in [5, 5.41) is 4.05. The van der Waals surface area contributed by atoms with E-state index in [1.807, 2.05) is 13.2 Å². The first kappa shape index (κ1) is 11.5. The van der Waals surface area contributed by atoms with E-state index in [1.54, 1.807) is 16.9 Å². The molecule has 0 aliphatic carbocycles. The Morgan fingerprint density at radius 3 is 2.88 bits per heavy atom. The van der Waals surface area contributed by atoms with Crippen LogP contribution in [-0.4, -0.2) is 9.78 Å². The van der Waals surface area contributed by atoms with Gasteiger partial charge in [0.1, 0.15) is 5.82 Å². The normalized spacial score (nSPS) is 10.7. The van der Waals surface area contributed by atoms with Gasteiger partial charge in [0.2, 0.25) is 0 Å². The zero-order valence-corrected chi connectivity index (χ0v) is 10.8. The largest absolute Gasteiger partial charge is 0.398 e. The van der Waals surface area contributed by atoms with Gasteiger partial charge in [-0.1, -0.05) is 11.8 Å². The van der Waals surface area contributed by atoms with E-state index in [0.29, 0.717) is 10.2 Å². The SMILES string of the molecule is Cn1cc(Sc2cc(Br)c(F)cc2N)cn1. The smallest absolute Gasteiger partial charge is 0.139 e. The maximum absolute atomic E-state index is 13.1. The third-order valence-corrected chi connectivity index (χ3v) is 3.59. The van der Waals surface area contributed by atoms with Crippen molar-refractivity contribution in [3.8, 4) is 0 Å². The van der Waals surface area contributed by atoms with E-state index in [0.717, 1.165) is 9.79 Å². The van der Waals surface area contributed by atoms with Crippen LogP contribution in [0, 0.1) is 5.82 Å². The van der Waals surface area contributed by atoms with E-state index in [2.05, 4.69) is 21.0 Å². The molecule has 0 amide bonds. The van der Waals surface area contributed by atoms with Crippen LogP contribution in [0.2, 0.25) is 0 Å². The van der Waals surface area contributed by atoms with Crippen LogP contribution in [0.4, 0.5) is 10.1 Å². The Hall–Kier alpha value is -1.01. The number of nitrogens with two attached hydrogens (primary N) is 1. The number of hydrogen-bond donors (Lipinski definition) is 1. The third kappa shape index (κ3) is 2.38. The molecular weight excluding hydrogens is 293 g/mol. The predicted molar refractivity (Wildman–Crippen MR) is 65.8 cm³/mol. The summed E-state index contributed by atoms with van der Waals surface area (Å²) in [6, 6.07) is 2.98. The molecule has 0 bridgehead atoms. The van der Waals surface area contributed by atoms with E-state index in [1.165, 1.54) is 17.8 Å². The number of aryl methyl sites for hydroxylation is 1. The molecule has 84 valence electrons. The minimum absolute atomic E-state index is 0.354. The molecule has 0 fully saturated rings. The summed E-state index contributed by atoms with van der Waals surface area (Å²) in [6.45, 7) is 0. The van der Waals surface area contributed by atoms with Gasteiger partial charge in [0, 0.05) is 23.8 Å². The van der Waals surface area contributed by atoms with Crippen molar-refractivity contribution in [2.24, 2.45) is 7.05 Å². The van der Waals surface area contributed by atoms with Crippen molar-refractivity contribution < 1.29 is 4.39 Å². The third-order valence-electron chi connectivity index (χ3n) is 1.96. The number of aromatic nitrogens is 2. The lowest BCUT2D eigenvalue weighted by molar-refractivity contribution is 0.620. The minimum Gasteiger partial charge on any atom is -0.398 e. The molecule has 3 nitrogen and oxygen atoms in total. The number of nitrogen functional groups attached to an aromatic ring is 1. The van der Waals surface area contributed by atoms with Gasteiger partial charge < -0.3 is 5.73 Å². The van der Waals surface area contributed by atoms with Crippen LogP contribution in [0.15, 0.2) is 38.8 Å². The molecule has 16 heavy (non-hydrogen) atoms. The van der Waals surface area contributed by atoms with Crippen molar-refractivity contribution >= 4 is 33.4 Å². The summed E-state index contributed by atoms with van der Waals surface area (Å²) in [4.78, 5) is 1.77. The lowest BCUT2D eigenvalue weighted by Gasteiger charge is -2.05. The number of hydrogen-bond acceptors (Lipinski definition) is 3. The van der Waals surface area contributed by atoms with Gasteiger partial charge in [0.15, 0.2) is 0 Å². The minimum atomic E-state index is -0.354. The summed E-state index contributed by atoms with van der Waals surface area (Å²) in [5.41, 5.74) is 6.16. The number of halogens is 2. The lowest BCUT2D eigenvalue weighted by atomic mass is 10.3. The van der Waals surface area contributed by atoms with Crippen LogP contribution in [0.5, 0.6) is 0 Å². The fraction of sp³-hybridized carbons (Fsp3) is 0.100. The molecule has 1 heterocycles. The maximum Gasteiger partial charge on any atom is 0.139 e. The Balaban J connectivity index is 2.31. The summed E-state index contributed by atoms with van der Waals surface area (Å²) in [7, 11) is 1.84. The molecule has 2 N–H and O–H groups in total. The van der Waals surface area contributed by atoms with E-state index in [9.17, 15) is 4.39 Å². The molecule has 1 aromatic carbocycles. The molecule has 0 saturated heterocycles. The Morgan fingerprint density at radius 2 is 2.25 bits per heavy atom. The summed E-state index contributed by atoms with van der Waals surface area (Å²) in [5.74, 6) is -0.354. The highest BCUT2D eigenvalue weighted by molar-refractivity contribution is 9.10. The monoisotopic (exact) mass is 301 g/mol. The van der Waals surface area contributed by atoms with E-state index in [-0.39, 0.29) is 5.82 Å². The zero-order valence-electron chi connectivity index (χ0n) is 8.45. The first-order valence-corrected chi connectivity index (χ1v) is 6.08. The average molecular weight is 302 g/mol. The second-order valence-corrected chi connectivity index (χ2v) is 5.23. The van der Waals surface area contributed by atoms with Gasteiger partial charge in [-0.05, 0) is 28.1 Å². The molecule has 0 unspecified atom stereocenters. The summed E-state index contributed by atoms with van der Waals surface area (Å²) in [6.07, 6.45) is 3.61. The van der Waals surface area contributed by atoms with Crippen molar-refractivity contribution in [3.63, 3.8) is 0 Å². The van der Waals surface area contributed by atoms with Crippen LogP contribution in [-0.2, 0) is 7.05 Å². The molecule has 0 radical (unpaired) electrons. The van der Waals surface area contributed by atoms with Crippen molar-refractivity contribution in [3.05, 3.63) is 34.8 Å². The topological polar surface area (TPSA) is 43.8 Å². The summed E-state index contributed by atoms with van der Waals surface area (Å²) >= 11 is 4.59. The first-order chi connectivity index (χ1) is 7.56.